The van der Waals surface area contributed by atoms with E-state index in [1.54, 1.807) is 16.0 Å². The van der Waals surface area contributed by atoms with Crippen LogP contribution in [-0.2, 0) is 11.3 Å². The standard InChI is InChI=1S/C12H14N2O2S/c1-8-12(10-4-3-7-17-10)9(2)14(13-8)6-5-11(15)16/h3-4,7H,5-6H2,1-2H3,(H,15,16). The molecule has 0 fully saturated rings. The van der Waals surface area contributed by atoms with Crippen LogP contribution in [0.25, 0.3) is 10.4 Å². The van der Waals surface area contributed by atoms with Crippen molar-refractivity contribution < 1.29 is 9.90 Å². The maximum absolute atomic E-state index is 10.6. The first-order chi connectivity index (χ1) is 8.09. The summed E-state index contributed by atoms with van der Waals surface area (Å²) in [7, 11) is 0. The lowest BCUT2D eigenvalue weighted by molar-refractivity contribution is -0.137. The van der Waals surface area contributed by atoms with Gasteiger partial charge in [0.2, 0.25) is 0 Å². The summed E-state index contributed by atoms with van der Waals surface area (Å²) in [6.07, 6.45) is 0.103. The average molecular weight is 250 g/mol. The van der Waals surface area contributed by atoms with Crippen LogP contribution in [0.4, 0.5) is 0 Å². The summed E-state index contributed by atoms with van der Waals surface area (Å²) in [6.45, 7) is 4.36. The van der Waals surface area contributed by atoms with Gasteiger partial charge < -0.3 is 5.11 Å². The maximum atomic E-state index is 10.6. The van der Waals surface area contributed by atoms with Gasteiger partial charge in [-0.05, 0) is 25.3 Å². The molecule has 5 heteroatoms. The summed E-state index contributed by atoms with van der Waals surface area (Å²) < 4.78 is 1.78. The number of hydrogen-bond acceptors (Lipinski definition) is 3. The number of carboxylic acid groups (broad SMARTS) is 1. The van der Waals surface area contributed by atoms with Crippen LogP contribution >= 0.6 is 11.3 Å². The fourth-order valence-electron chi connectivity index (χ4n) is 1.89. The molecule has 0 amide bonds. The lowest BCUT2D eigenvalue weighted by Gasteiger charge is -2.02. The smallest absolute Gasteiger partial charge is 0.305 e. The highest BCUT2D eigenvalue weighted by atomic mass is 32.1. The van der Waals surface area contributed by atoms with Crippen LogP contribution in [0, 0.1) is 13.8 Å². The lowest BCUT2D eigenvalue weighted by Crippen LogP contribution is -2.07. The molecule has 0 aliphatic carbocycles. The molecule has 2 aromatic rings. The van der Waals surface area contributed by atoms with Crippen LogP contribution < -0.4 is 0 Å². The second-order valence-electron chi connectivity index (χ2n) is 3.89. The second kappa shape index (κ2) is 4.71. The molecule has 2 heterocycles. The van der Waals surface area contributed by atoms with Crippen molar-refractivity contribution in [1.29, 1.82) is 0 Å². The normalized spacial score (nSPS) is 10.7. The minimum Gasteiger partial charge on any atom is -0.481 e. The monoisotopic (exact) mass is 250 g/mol. The van der Waals surface area contributed by atoms with Crippen LogP contribution in [0.2, 0.25) is 0 Å². The molecule has 0 unspecified atom stereocenters. The Bertz CT molecular complexity index is 529. The molecule has 0 bridgehead atoms. The summed E-state index contributed by atoms with van der Waals surface area (Å²) in [4.78, 5) is 11.7. The zero-order valence-electron chi connectivity index (χ0n) is 9.80. The molecule has 90 valence electrons. The van der Waals surface area contributed by atoms with Gasteiger partial charge in [-0.3, -0.25) is 9.48 Å². The molecular weight excluding hydrogens is 236 g/mol. The Balaban J connectivity index is 2.32. The van der Waals surface area contributed by atoms with Crippen LogP contribution in [0.15, 0.2) is 17.5 Å². The highest BCUT2D eigenvalue weighted by Gasteiger charge is 2.14. The molecule has 0 saturated carbocycles. The zero-order valence-corrected chi connectivity index (χ0v) is 10.6. The largest absolute Gasteiger partial charge is 0.481 e. The van der Waals surface area contributed by atoms with Crippen molar-refractivity contribution in [2.45, 2.75) is 26.8 Å². The van der Waals surface area contributed by atoms with Crippen LogP contribution in [0.3, 0.4) is 0 Å². The third kappa shape index (κ3) is 2.39. The Hall–Kier alpha value is -1.62. The maximum Gasteiger partial charge on any atom is 0.305 e. The molecule has 0 radical (unpaired) electrons. The van der Waals surface area contributed by atoms with E-state index in [2.05, 4.69) is 11.2 Å². The van der Waals surface area contributed by atoms with Crippen molar-refractivity contribution >= 4 is 17.3 Å². The topological polar surface area (TPSA) is 55.1 Å². The molecule has 0 atom stereocenters. The number of thiophene rings is 1. The van der Waals surface area contributed by atoms with E-state index in [-0.39, 0.29) is 6.42 Å². The molecule has 2 aromatic heterocycles. The first-order valence-corrected chi connectivity index (χ1v) is 6.27. The lowest BCUT2D eigenvalue weighted by atomic mass is 10.1. The van der Waals surface area contributed by atoms with E-state index in [1.807, 2.05) is 25.3 Å². The summed E-state index contributed by atoms with van der Waals surface area (Å²) in [6, 6.07) is 4.07. The van der Waals surface area contributed by atoms with E-state index in [1.165, 1.54) is 4.88 Å². The summed E-state index contributed by atoms with van der Waals surface area (Å²) in [5.74, 6) is -0.796. The Labute approximate surface area is 104 Å². The molecule has 0 saturated heterocycles. The van der Waals surface area contributed by atoms with E-state index in [4.69, 9.17) is 5.11 Å². The molecule has 4 nitrogen and oxygen atoms in total. The highest BCUT2D eigenvalue weighted by molar-refractivity contribution is 7.13. The molecule has 17 heavy (non-hydrogen) atoms. The third-order valence-electron chi connectivity index (χ3n) is 2.69. The van der Waals surface area contributed by atoms with Crippen molar-refractivity contribution in [2.24, 2.45) is 0 Å². The number of hydrogen-bond donors (Lipinski definition) is 1. The Morgan fingerprint density at radius 3 is 2.88 bits per heavy atom. The summed E-state index contributed by atoms with van der Waals surface area (Å²) in [5, 5.41) is 15.1. The number of aromatic nitrogens is 2. The van der Waals surface area contributed by atoms with Crippen LogP contribution in [-0.4, -0.2) is 20.9 Å². The van der Waals surface area contributed by atoms with E-state index in [9.17, 15) is 4.79 Å². The predicted molar refractivity (Wildman–Crippen MR) is 67.3 cm³/mol. The number of rotatable bonds is 4. The fourth-order valence-corrected chi connectivity index (χ4v) is 2.77. The number of carboxylic acids is 1. The van der Waals surface area contributed by atoms with Crippen molar-refractivity contribution in [3.63, 3.8) is 0 Å². The minimum absolute atomic E-state index is 0.103. The van der Waals surface area contributed by atoms with E-state index in [0.717, 1.165) is 17.0 Å². The Morgan fingerprint density at radius 2 is 2.29 bits per heavy atom. The van der Waals surface area contributed by atoms with Crippen LogP contribution in [0.5, 0.6) is 0 Å². The quantitative estimate of drug-likeness (QED) is 0.907. The zero-order chi connectivity index (χ0) is 12.4. The van der Waals surface area contributed by atoms with Gasteiger partial charge in [0.1, 0.15) is 0 Å². The first kappa shape index (κ1) is 11.9. The number of aliphatic carboxylic acids is 1. The molecule has 0 aliphatic heterocycles. The van der Waals surface area contributed by atoms with Crippen molar-refractivity contribution in [2.75, 3.05) is 0 Å². The van der Waals surface area contributed by atoms with Gasteiger partial charge in [-0.25, -0.2) is 0 Å². The molecule has 1 N–H and O–H groups in total. The van der Waals surface area contributed by atoms with E-state index >= 15 is 0 Å². The van der Waals surface area contributed by atoms with Gasteiger partial charge in [0.15, 0.2) is 0 Å². The van der Waals surface area contributed by atoms with E-state index < -0.39 is 5.97 Å². The molecule has 0 aliphatic rings. The van der Waals surface area contributed by atoms with Gasteiger partial charge in [0, 0.05) is 16.1 Å². The van der Waals surface area contributed by atoms with Gasteiger partial charge >= 0.3 is 5.97 Å². The highest BCUT2D eigenvalue weighted by Crippen LogP contribution is 2.30. The summed E-state index contributed by atoms with van der Waals surface area (Å²) >= 11 is 1.67. The number of nitrogens with zero attached hydrogens (tertiary/aromatic N) is 2. The first-order valence-electron chi connectivity index (χ1n) is 5.39. The summed E-state index contributed by atoms with van der Waals surface area (Å²) in [5.41, 5.74) is 3.12. The Morgan fingerprint density at radius 1 is 1.53 bits per heavy atom. The van der Waals surface area contributed by atoms with Crippen molar-refractivity contribution in [3.05, 3.63) is 28.9 Å². The van der Waals surface area contributed by atoms with Crippen molar-refractivity contribution in [3.8, 4) is 10.4 Å². The molecule has 0 spiro atoms. The number of aryl methyl sites for hydroxylation is 2. The van der Waals surface area contributed by atoms with Crippen LogP contribution in [0.1, 0.15) is 17.8 Å². The molecular formula is C12H14N2O2S. The van der Waals surface area contributed by atoms with Gasteiger partial charge in [0.05, 0.1) is 18.7 Å². The Kier molecular flexibility index (Phi) is 3.28. The third-order valence-corrected chi connectivity index (χ3v) is 3.57. The molecule has 2 rings (SSSR count). The average Bonchev–Trinajstić information content (AvgIpc) is 2.84. The van der Waals surface area contributed by atoms with E-state index in [0.29, 0.717) is 6.54 Å². The van der Waals surface area contributed by atoms with Gasteiger partial charge in [-0.1, -0.05) is 6.07 Å². The van der Waals surface area contributed by atoms with Crippen molar-refractivity contribution in [1.82, 2.24) is 9.78 Å². The van der Waals surface area contributed by atoms with Gasteiger partial charge in [0.25, 0.3) is 0 Å². The predicted octanol–water partition coefficient (Wildman–Crippen LogP) is 2.70. The fraction of sp³-hybridized carbons (Fsp3) is 0.333. The molecule has 0 aromatic carbocycles. The van der Waals surface area contributed by atoms with Gasteiger partial charge in [-0.15, -0.1) is 11.3 Å². The second-order valence-corrected chi connectivity index (χ2v) is 4.84. The minimum atomic E-state index is -0.796. The van der Waals surface area contributed by atoms with Gasteiger partial charge in [-0.2, -0.15) is 5.10 Å². The SMILES string of the molecule is Cc1nn(CCC(=O)O)c(C)c1-c1cccs1. The number of carbonyl (C=O) groups is 1.